The van der Waals surface area contributed by atoms with Gasteiger partial charge in [-0.2, -0.15) is 4.98 Å². The molecule has 1 amide bonds. The Labute approximate surface area is 133 Å². The van der Waals surface area contributed by atoms with Crippen molar-refractivity contribution in [2.45, 2.75) is 6.92 Å². The second kappa shape index (κ2) is 6.74. The Morgan fingerprint density at radius 3 is 2.65 bits per heavy atom. The fourth-order valence-electron chi connectivity index (χ4n) is 2.13. The van der Waals surface area contributed by atoms with Crippen molar-refractivity contribution in [3.05, 3.63) is 60.4 Å². The topological polar surface area (TPSA) is 77.2 Å². The molecule has 3 aromatic rings. The van der Waals surface area contributed by atoms with Crippen molar-refractivity contribution in [1.82, 2.24) is 10.1 Å². The molecule has 116 valence electrons. The first-order valence-corrected chi connectivity index (χ1v) is 7.18. The highest BCUT2D eigenvalue weighted by Crippen LogP contribution is 2.22. The summed E-state index contributed by atoms with van der Waals surface area (Å²) in [6.45, 7) is 2.38. The number of carbonyl (C=O) groups excluding carboxylic acids is 1. The van der Waals surface area contributed by atoms with Crippen molar-refractivity contribution < 1.29 is 14.1 Å². The number of para-hydroxylation sites is 1. The zero-order valence-corrected chi connectivity index (χ0v) is 12.5. The molecule has 0 fully saturated rings. The Morgan fingerprint density at radius 1 is 1.17 bits per heavy atom. The molecule has 2 aromatic carbocycles. The van der Waals surface area contributed by atoms with E-state index in [0.717, 1.165) is 5.56 Å². The maximum atomic E-state index is 12.4. The first-order valence-electron chi connectivity index (χ1n) is 7.18. The Hall–Kier alpha value is -3.15. The van der Waals surface area contributed by atoms with Crippen LogP contribution in [0.15, 0.2) is 59.4 Å². The maximum absolute atomic E-state index is 12.4. The molecule has 0 aliphatic carbocycles. The van der Waals surface area contributed by atoms with Gasteiger partial charge in [0.25, 0.3) is 11.8 Å². The second-order valence-corrected chi connectivity index (χ2v) is 4.71. The molecule has 0 radical (unpaired) electrons. The zero-order chi connectivity index (χ0) is 16.1. The molecule has 0 unspecified atom stereocenters. The first-order chi connectivity index (χ1) is 11.3. The van der Waals surface area contributed by atoms with Gasteiger partial charge in [-0.05, 0) is 43.3 Å². The number of benzene rings is 2. The maximum Gasteiger partial charge on any atom is 0.259 e. The fourth-order valence-corrected chi connectivity index (χ4v) is 2.13. The predicted molar refractivity (Wildman–Crippen MR) is 85.3 cm³/mol. The third-order valence-corrected chi connectivity index (χ3v) is 3.18. The van der Waals surface area contributed by atoms with Gasteiger partial charge in [0.05, 0.1) is 12.2 Å². The number of nitrogens with zero attached hydrogens (tertiary/aromatic N) is 2. The van der Waals surface area contributed by atoms with Gasteiger partial charge >= 0.3 is 0 Å². The molecule has 3 rings (SSSR count). The van der Waals surface area contributed by atoms with Crippen molar-refractivity contribution in [3.63, 3.8) is 0 Å². The summed E-state index contributed by atoms with van der Waals surface area (Å²) < 4.78 is 10.5. The van der Waals surface area contributed by atoms with Crippen molar-refractivity contribution in [3.8, 4) is 17.2 Å². The van der Waals surface area contributed by atoms with Crippen LogP contribution < -0.4 is 10.1 Å². The highest BCUT2D eigenvalue weighted by molar-refractivity contribution is 6.06. The molecular weight excluding hydrogens is 294 g/mol. The molecule has 0 bridgehead atoms. The third-order valence-electron chi connectivity index (χ3n) is 3.18. The molecule has 0 aliphatic rings. The number of anilines is 1. The van der Waals surface area contributed by atoms with E-state index >= 15 is 0 Å². The second-order valence-electron chi connectivity index (χ2n) is 4.71. The van der Waals surface area contributed by atoms with Gasteiger partial charge in [0.2, 0.25) is 0 Å². The number of hydrogen-bond donors (Lipinski definition) is 1. The Morgan fingerprint density at radius 2 is 1.96 bits per heavy atom. The number of aromatic nitrogens is 2. The summed E-state index contributed by atoms with van der Waals surface area (Å²) in [5.41, 5.74) is 1.95. The summed E-state index contributed by atoms with van der Waals surface area (Å²) >= 11 is 0. The van der Waals surface area contributed by atoms with Crippen molar-refractivity contribution >= 4 is 11.6 Å². The minimum Gasteiger partial charge on any atom is -0.493 e. The molecule has 1 aromatic heterocycles. The minimum absolute atomic E-state index is 0.223. The summed E-state index contributed by atoms with van der Waals surface area (Å²) in [6, 6.07) is 14.3. The number of ether oxygens (including phenoxy) is 1. The fraction of sp³-hybridized carbons (Fsp3) is 0.118. The molecule has 1 N–H and O–H groups in total. The minimum atomic E-state index is -0.223. The van der Waals surface area contributed by atoms with Gasteiger partial charge in [0, 0.05) is 11.3 Å². The van der Waals surface area contributed by atoms with E-state index in [9.17, 15) is 4.79 Å². The molecule has 0 atom stereocenters. The standard InChI is InChI=1S/C17H15N3O3/c1-2-22-15-6-4-3-5-14(15)16(21)20-13-9-7-12(8-10-13)17-18-11-19-23-17/h3-11H,2H2,1H3,(H,20,21). The number of rotatable bonds is 5. The highest BCUT2D eigenvalue weighted by Gasteiger charge is 2.12. The summed E-state index contributed by atoms with van der Waals surface area (Å²) in [7, 11) is 0. The molecule has 0 saturated carbocycles. The van der Waals surface area contributed by atoms with E-state index < -0.39 is 0 Å². The van der Waals surface area contributed by atoms with Gasteiger partial charge in [-0.15, -0.1) is 0 Å². The van der Waals surface area contributed by atoms with Crippen LogP contribution in [-0.2, 0) is 0 Å². The van der Waals surface area contributed by atoms with Gasteiger partial charge in [0.15, 0.2) is 6.33 Å². The predicted octanol–water partition coefficient (Wildman–Crippen LogP) is 3.39. The van der Waals surface area contributed by atoms with Crippen LogP contribution in [0.5, 0.6) is 5.75 Å². The average molecular weight is 309 g/mol. The molecule has 0 aliphatic heterocycles. The van der Waals surface area contributed by atoms with Gasteiger partial charge in [0.1, 0.15) is 5.75 Å². The lowest BCUT2D eigenvalue weighted by Gasteiger charge is -2.10. The number of amides is 1. The Kier molecular flexibility index (Phi) is 4.33. The smallest absolute Gasteiger partial charge is 0.259 e. The van der Waals surface area contributed by atoms with Crippen LogP contribution in [0.2, 0.25) is 0 Å². The molecule has 6 nitrogen and oxygen atoms in total. The summed E-state index contributed by atoms with van der Waals surface area (Å²) in [6.07, 6.45) is 1.34. The first kappa shape index (κ1) is 14.8. The Bertz CT molecular complexity index is 783. The number of carbonyl (C=O) groups is 1. The van der Waals surface area contributed by atoms with Crippen molar-refractivity contribution in [2.75, 3.05) is 11.9 Å². The van der Waals surface area contributed by atoms with Crippen LogP contribution in [0.3, 0.4) is 0 Å². The van der Waals surface area contributed by atoms with Gasteiger partial charge in [-0.3, -0.25) is 4.79 Å². The van der Waals surface area contributed by atoms with E-state index in [2.05, 4.69) is 15.5 Å². The lowest BCUT2D eigenvalue weighted by Crippen LogP contribution is -2.13. The summed E-state index contributed by atoms with van der Waals surface area (Å²) in [4.78, 5) is 16.4. The van der Waals surface area contributed by atoms with E-state index in [1.54, 1.807) is 42.5 Å². The van der Waals surface area contributed by atoms with Crippen LogP contribution in [0.4, 0.5) is 5.69 Å². The number of nitrogens with one attached hydrogen (secondary N) is 1. The van der Waals surface area contributed by atoms with Crippen molar-refractivity contribution in [2.24, 2.45) is 0 Å². The molecule has 1 heterocycles. The highest BCUT2D eigenvalue weighted by atomic mass is 16.5. The summed E-state index contributed by atoms with van der Waals surface area (Å²) in [5.74, 6) is 0.777. The number of hydrogen-bond acceptors (Lipinski definition) is 5. The largest absolute Gasteiger partial charge is 0.493 e. The molecule has 23 heavy (non-hydrogen) atoms. The van der Waals surface area contributed by atoms with E-state index in [-0.39, 0.29) is 5.91 Å². The Balaban J connectivity index is 1.75. The molecule has 0 spiro atoms. The lowest BCUT2D eigenvalue weighted by atomic mass is 10.1. The van der Waals surface area contributed by atoms with Crippen LogP contribution in [-0.4, -0.2) is 22.7 Å². The van der Waals surface area contributed by atoms with E-state index in [0.29, 0.717) is 29.5 Å². The lowest BCUT2D eigenvalue weighted by molar-refractivity contribution is 0.102. The molecular formula is C17H15N3O3. The van der Waals surface area contributed by atoms with Gasteiger partial charge in [-0.25, -0.2) is 0 Å². The van der Waals surface area contributed by atoms with Crippen LogP contribution >= 0.6 is 0 Å². The quantitative estimate of drug-likeness (QED) is 0.781. The molecule has 6 heteroatoms. The molecule has 0 saturated heterocycles. The van der Waals surface area contributed by atoms with Crippen LogP contribution in [0, 0.1) is 0 Å². The van der Waals surface area contributed by atoms with E-state index in [1.807, 2.05) is 13.0 Å². The average Bonchev–Trinajstić information content (AvgIpc) is 3.11. The van der Waals surface area contributed by atoms with Gasteiger partial charge < -0.3 is 14.6 Å². The normalized spacial score (nSPS) is 10.3. The van der Waals surface area contributed by atoms with Gasteiger partial charge in [-0.1, -0.05) is 17.3 Å². The summed E-state index contributed by atoms with van der Waals surface area (Å²) in [5, 5.41) is 6.41. The monoisotopic (exact) mass is 309 g/mol. The zero-order valence-electron chi connectivity index (χ0n) is 12.5. The SMILES string of the molecule is CCOc1ccccc1C(=O)Nc1ccc(-c2ncno2)cc1. The van der Waals surface area contributed by atoms with Crippen LogP contribution in [0.25, 0.3) is 11.5 Å². The van der Waals surface area contributed by atoms with E-state index in [1.165, 1.54) is 6.33 Å². The third kappa shape index (κ3) is 3.37. The van der Waals surface area contributed by atoms with E-state index in [4.69, 9.17) is 9.26 Å². The van der Waals surface area contributed by atoms with Crippen LogP contribution in [0.1, 0.15) is 17.3 Å². The van der Waals surface area contributed by atoms with Crippen molar-refractivity contribution in [1.29, 1.82) is 0 Å².